The topological polar surface area (TPSA) is 56.2 Å². The van der Waals surface area contributed by atoms with Gasteiger partial charge in [0.2, 0.25) is 5.82 Å². The zero-order valence-electron chi connectivity index (χ0n) is 12.1. The van der Waals surface area contributed by atoms with Crippen molar-refractivity contribution in [3.05, 3.63) is 35.2 Å². The predicted molar refractivity (Wildman–Crippen MR) is 85.2 cm³/mol. The van der Waals surface area contributed by atoms with Gasteiger partial charge in [-0.15, -0.1) is 16.4 Å². The highest BCUT2D eigenvalue weighted by molar-refractivity contribution is 7.19. The second-order valence-electron chi connectivity index (χ2n) is 5.84. The van der Waals surface area contributed by atoms with Crippen molar-refractivity contribution in [3.63, 3.8) is 0 Å². The summed E-state index contributed by atoms with van der Waals surface area (Å²) < 4.78 is 7.19. The van der Waals surface area contributed by atoms with E-state index in [1.807, 2.05) is 23.5 Å². The maximum Gasteiger partial charge on any atom is 0.217 e. The van der Waals surface area contributed by atoms with Crippen molar-refractivity contribution in [1.82, 2.24) is 19.6 Å². The van der Waals surface area contributed by atoms with Crippen molar-refractivity contribution < 1.29 is 4.42 Å². The van der Waals surface area contributed by atoms with Crippen LogP contribution in [-0.2, 0) is 6.42 Å². The standard InChI is InChI=1S/C16H14N4OS/c1-9-4-2-6-11-12(9)13-15-18-14(10-5-3-7-21-10)19-20(15)8-17-16(13)22-11/h3,5,7-9H,2,4,6H2,1H3. The molecule has 4 heterocycles. The monoisotopic (exact) mass is 310 g/mol. The van der Waals surface area contributed by atoms with Crippen molar-refractivity contribution in [2.45, 2.75) is 32.1 Å². The second kappa shape index (κ2) is 4.39. The number of hydrogen-bond acceptors (Lipinski definition) is 5. The fraction of sp³-hybridized carbons (Fsp3) is 0.312. The maximum atomic E-state index is 5.42. The summed E-state index contributed by atoms with van der Waals surface area (Å²) in [4.78, 5) is 11.9. The maximum absolute atomic E-state index is 5.42. The molecule has 0 bridgehead atoms. The molecule has 5 rings (SSSR count). The molecule has 5 nitrogen and oxygen atoms in total. The smallest absolute Gasteiger partial charge is 0.217 e. The van der Waals surface area contributed by atoms with Crippen LogP contribution in [0, 0.1) is 0 Å². The van der Waals surface area contributed by atoms with Gasteiger partial charge in [-0.1, -0.05) is 6.92 Å². The van der Waals surface area contributed by atoms with Gasteiger partial charge in [-0.25, -0.2) is 14.5 Å². The molecule has 4 aromatic rings. The van der Waals surface area contributed by atoms with Gasteiger partial charge >= 0.3 is 0 Å². The Morgan fingerprint density at radius 1 is 1.41 bits per heavy atom. The van der Waals surface area contributed by atoms with Gasteiger partial charge in [0.25, 0.3) is 0 Å². The number of nitrogens with zero attached hydrogens (tertiary/aromatic N) is 4. The molecule has 1 unspecified atom stereocenters. The summed E-state index contributed by atoms with van der Waals surface area (Å²) in [6.45, 7) is 2.30. The van der Waals surface area contributed by atoms with E-state index in [1.165, 1.54) is 28.7 Å². The lowest BCUT2D eigenvalue weighted by atomic mass is 9.87. The second-order valence-corrected chi connectivity index (χ2v) is 6.92. The first kappa shape index (κ1) is 12.3. The van der Waals surface area contributed by atoms with Gasteiger partial charge in [-0.05, 0) is 42.9 Å². The molecular formula is C16H14N4OS. The van der Waals surface area contributed by atoms with Crippen LogP contribution in [0.3, 0.4) is 0 Å². The van der Waals surface area contributed by atoms with E-state index in [1.54, 1.807) is 17.1 Å². The van der Waals surface area contributed by atoms with Crippen LogP contribution in [0.25, 0.3) is 27.4 Å². The Morgan fingerprint density at radius 2 is 2.36 bits per heavy atom. The Bertz CT molecular complexity index is 983. The van der Waals surface area contributed by atoms with Gasteiger partial charge in [0, 0.05) is 4.88 Å². The lowest BCUT2D eigenvalue weighted by Crippen LogP contribution is -2.04. The number of fused-ring (bicyclic) bond motifs is 5. The normalized spacial score (nSPS) is 18.1. The zero-order chi connectivity index (χ0) is 14.7. The number of hydrogen-bond donors (Lipinski definition) is 0. The van der Waals surface area contributed by atoms with Gasteiger partial charge in [0.05, 0.1) is 11.6 Å². The first-order valence-corrected chi connectivity index (χ1v) is 8.33. The Hall–Kier alpha value is -2.21. The lowest BCUT2D eigenvalue weighted by Gasteiger charge is -2.18. The summed E-state index contributed by atoms with van der Waals surface area (Å²) in [7, 11) is 0. The quantitative estimate of drug-likeness (QED) is 0.532. The van der Waals surface area contributed by atoms with Gasteiger partial charge in [-0.2, -0.15) is 0 Å². The SMILES string of the molecule is CC1CCCc2sc3ncn4nc(-c5ccco5)nc4c3c21. The van der Waals surface area contributed by atoms with Crippen LogP contribution in [0.4, 0.5) is 0 Å². The molecule has 110 valence electrons. The highest BCUT2D eigenvalue weighted by Crippen LogP contribution is 2.42. The number of aryl methyl sites for hydroxylation is 1. The molecule has 1 aliphatic rings. The third-order valence-electron chi connectivity index (χ3n) is 4.42. The number of aromatic nitrogens is 4. The first-order valence-electron chi connectivity index (χ1n) is 7.52. The zero-order valence-corrected chi connectivity index (χ0v) is 12.9. The van der Waals surface area contributed by atoms with Gasteiger partial charge < -0.3 is 4.42 Å². The van der Waals surface area contributed by atoms with Crippen molar-refractivity contribution >= 4 is 27.2 Å². The Morgan fingerprint density at radius 3 is 3.23 bits per heavy atom. The average molecular weight is 310 g/mol. The third-order valence-corrected chi connectivity index (χ3v) is 5.59. The minimum atomic E-state index is 0.564. The highest BCUT2D eigenvalue weighted by atomic mass is 32.1. The van der Waals surface area contributed by atoms with Crippen LogP contribution in [0.5, 0.6) is 0 Å². The molecule has 22 heavy (non-hydrogen) atoms. The van der Waals surface area contributed by atoms with Crippen LogP contribution in [0.2, 0.25) is 0 Å². The van der Waals surface area contributed by atoms with E-state index < -0.39 is 0 Å². The van der Waals surface area contributed by atoms with E-state index in [2.05, 4.69) is 17.0 Å². The molecule has 4 aromatic heterocycles. The summed E-state index contributed by atoms with van der Waals surface area (Å²) in [5.41, 5.74) is 2.32. The largest absolute Gasteiger partial charge is 0.461 e. The molecule has 1 atom stereocenters. The molecule has 1 aliphatic carbocycles. The fourth-order valence-electron chi connectivity index (χ4n) is 3.40. The molecule has 0 N–H and O–H groups in total. The van der Waals surface area contributed by atoms with Crippen LogP contribution >= 0.6 is 11.3 Å². The summed E-state index contributed by atoms with van der Waals surface area (Å²) in [5.74, 6) is 1.87. The van der Waals surface area contributed by atoms with Crippen LogP contribution in [0.1, 0.15) is 36.1 Å². The van der Waals surface area contributed by atoms with Gasteiger partial charge in [0.15, 0.2) is 11.4 Å². The Labute approximate surface area is 130 Å². The first-order chi connectivity index (χ1) is 10.8. The van der Waals surface area contributed by atoms with E-state index in [0.29, 0.717) is 17.5 Å². The number of furan rings is 1. The summed E-state index contributed by atoms with van der Waals surface area (Å²) >= 11 is 1.81. The van der Waals surface area contributed by atoms with Crippen molar-refractivity contribution in [1.29, 1.82) is 0 Å². The van der Waals surface area contributed by atoms with E-state index in [4.69, 9.17) is 9.40 Å². The summed E-state index contributed by atoms with van der Waals surface area (Å²) in [6.07, 6.45) is 7.06. The minimum absolute atomic E-state index is 0.564. The van der Waals surface area contributed by atoms with Crippen LogP contribution in [0.15, 0.2) is 29.1 Å². The van der Waals surface area contributed by atoms with E-state index in [0.717, 1.165) is 16.9 Å². The fourth-order valence-corrected chi connectivity index (χ4v) is 4.69. The molecular weight excluding hydrogens is 296 g/mol. The van der Waals surface area contributed by atoms with Crippen molar-refractivity contribution in [2.24, 2.45) is 0 Å². The minimum Gasteiger partial charge on any atom is -0.461 e. The molecule has 0 spiro atoms. The van der Waals surface area contributed by atoms with Crippen LogP contribution < -0.4 is 0 Å². The Kier molecular flexibility index (Phi) is 2.47. The van der Waals surface area contributed by atoms with E-state index >= 15 is 0 Å². The predicted octanol–water partition coefficient (Wildman–Crippen LogP) is 4.04. The summed E-state index contributed by atoms with van der Waals surface area (Å²) in [6, 6.07) is 3.73. The average Bonchev–Trinajstić information content (AvgIpc) is 3.23. The van der Waals surface area contributed by atoms with Crippen LogP contribution in [-0.4, -0.2) is 19.6 Å². The summed E-state index contributed by atoms with van der Waals surface area (Å²) in [5, 5.41) is 5.69. The Balaban J connectivity index is 1.85. The molecule has 0 fully saturated rings. The molecule has 0 radical (unpaired) electrons. The molecule has 0 saturated heterocycles. The van der Waals surface area contributed by atoms with Gasteiger partial charge in [-0.3, -0.25) is 0 Å². The van der Waals surface area contributed by atoms with Gasteiger partial charge in [0.1, 0.15) is 11.2 Å². The third kappa shape index (κ3) is 1.61. The number of thiophene rings is 1. The molecule has 0 aromatic carbocycles. The molecule has 0 aliphatic heterocycles. The van der Waals surface area contributed by atoms with E-state index in [9.17, 15) is 0 Å². The highest BCUT2D eigenvalue weighted by Gasteiger charge is 2.25. The molecule has 0 amide bonds. The van der Waals surface area contributed by atoms with E-state index in [-0.39, 0.29) is 0 Å². The molecule has 6 heteroatoms. The molecule has 0 saturated carbocycles. The van der Waals surface area contributed by atoms with Crippen molar-refractivity contribution in [3.8, 4) is 11.6 Å². The van der Waals surface area contributed by atoms with Crippen molar-refractivity contribution in [2.75, 3.05) is 0 Å². The number of rotatable bonds is 1. The lowest BCUT2D eigenvalue weighted by molar-refractivity contribution is 0.577.